The second-order valence-electron chi connectivity index (χ2n) is 6.67. The van der Waals surface area contributed by atoms with Crippen LogP contribution in [0.3, 0.4) is 0 Å². The van der Waals surface area contributed by atoms with Crippen molar-refractivity contribution in [3.05, 3.63) is 48.4 Å². The van der Waals surface area contributed by atoms with Gasteiger partial charge < -0.3 is 19.1 Å². The normalized spacial score (nSPS) is 21.1. The summed E-state index contributed by atoms with van der Waals surface area (Å²) in [7, 11) is 1.52. The van der Waals surface area contributed by atoms with Crippen LogP contribution in [0.25, 0.3) is 0 Å². The molecule has 4 rings (SSSR count). The molecule has 2 aromatic heterocycles. The molecule has 2 aliphatic heterocycles. The van der Waals surface area contributed by atoms with E-state index < -0.39 is 0 Å². The maximum Gasteiger partial charge on any atom is 0.259 e. The standard InChI is InChI=1S/C19H21N3O4/c1-24-17-16(5-3-8-21-17)18(23)22-12-19(13-22)10-14(6-9-25-19)26-15-4-2-7-20-11-15/h2-5,7-8,11,14H,6,9-10,12-13H2,1H3/t14-/m1/s1. The molecule has 1 atom stereocenters. The Morgan fingerprint density at radius 3 is 2.92 bits per heavy atom. The van der Waals surface area contributed by atoms with Crippen molar-refractivity contribution >= 4 is 5.91 Å². The Balaban J connectivity index is 1.39. The number of hydrogen-bond acceptors (Lipinski definition) is 6. The van der Waals surface area contributed by atoms with Gasteiger partial charge in [-0.05, 0) is 24.3 Å². The Hall–Kier alpha value is -2.67. The van der Waals surface area contributed by atoms with E-state index in [0.29, 0.717) is 31.1 Å². The van der Waals surface area contributed by atoms with Crippen molar-refractivity contribution in [3.63, 3.8) is 0 Å². The van der Waals surface area contributed by atoms with Gasteiger partial charge >= 0.3 is 0 Å². The fourth-order valence-electron chi connectivity index (χ4n) is 3.59. The molecule has 2 aromatic rings. The summed E-state index contributed by atoms with van der Waals surface area (Å²) >= 11 is 0. The minimum atomic E-state index is -0.323. The van der Waals surface area contributed by atoms with Crippen LogP contribution < -0.4 is 9.47 Å². The molecule has 26 heavy (non-hydrogen) atoms. The molecule has 1 amide bonds. The number of hydrogen-bond donors (Lipinski definition) is 0. The van der Waals surface area contributed by atoms with Gasteiger partial charge in [0.15, 0.2) is 0 Å². The van der Waals surface area contributed by atoms with Crippen molar-refractivity contribution in [3.8, 4) is 11.6 Å². The first-order valence-corrected chi connectivity index (χ1v) is 8.68. The van der Waals surface area contributed by atoms with Crippen molar-refractivity contribution in [2.45, 2.75) is 24.5 Å². The second kappa shape index (κ2) is 6.92. The number of carbonyl (C=O) groups excluding carboxylic acids is 1. The number of likely N-dealkylation sites (tertiary alicyclic amines) is 1. The van der Waals surface area contributed by atoms with Crippen molar-refractivity contribution in [1.29, 1.82) is 0 Å². The van der Waals surface area contributed by atoms with Gasteiger partial charge in [-0.25, -0.2) is 4.98 Å². The summed E-state index contributed by atoms with van der Waals surface area (Å²) in [5.41, 5.74) is 0.153. The van der Waals surface area contributed by atoms with Crippen molar-refractivity contribution in [1.82, 2.24) is 14.9 Å². The zero-order valence-electron chi connectivity index (χ0n) is 14.6. The molecule has 1 spiro atoms. The molecule has 2 aliphatic rings. The van der Waals surface area contributed by atoms with Crippen molar-refractivity contribution in [2.24, 2.45) is 0 Å². The van der Waals surface area contributed by atoms with Gasteiger partial charge in [-0.1, -0.05) is 0 Å². The number of nitrogens with zero attached hydrogens (tertiary/aromatic N) is 3. The zero-order valence-corrected chi connectivity index (χ0v) is 14.6. The smallest absolute Gasteiger partial charge is 0.259 e. The summed E-state index contributed by atoms with van der Waals surface area (Å²) in [6, 6.07) is 7.23. The molecular formula is C19H21N3O4. The van der Waals surface area contributed by atoms with E-state index in [1.807, 2.05) is 12.1 Å². The van der Waals surface area contributed by atoms with Gasteiger partial charge in [0.1, 0.15) is 23.0 Å². The Morgan fingerprint density at radius 2 is 2.15 bits per heavy atom. The first-order chi connectivity index (χ1) is 12.7. The summed E-state index contributed by atoms with van der Waals surface area (Å²) in [5.74, 6) is 1.03. The van der Waals surface area contributed by atoms with Gasteiger partial charge in [0.05, 0.1) is 33.0 Å². The third-order valence-electron chi connectivity index (χ3n) is 4.83. The number of methoxy groups -OCH3 is 1. The summed E-state index contributed by atoms with van der Waals surface area (Å²) in [6.07, 6.45) is 6.71. The largest absolute Gasteiger partial charge is 0.489 e. The van der Waals surface area contributed by atoms with Crippen LogP contribution >= 0.6 is 0 Å². The molecule has 4 heterocycles. The average molecular weight is 355 g/mol. The molecule has 0 radical (unpaired) electrons. The van der Waals surface area contributed by atoms with Crippen LogP contribution in [0, 0.1) is 0 Å². The topological polar surface area (TPSA) is 73.8 Å². The van der Waals surface area contributed by atoms with Crippen LogP contribution in [0.4, 0.5) is 0 Å². The van der Waals surface area contributed by atoms with Crippen LogP contribution in [0.15, 0.2) is 42.9 Å². The van der Waals surface area contributed by atoms with Crippen LogP contribution in [0.2, 0.25) is 0 Å². The maximum absolute atomic E-state index is 12.7. The van der Waals surface area contributed by atoms with Crippen LogP contribution in [0.5, 0.6) is 11.6 Å². The van der Waals surface area contributed by atoms with Crippen LogP contribution in [-0.2, 0) is 4.74 Å². The van der Waals surface area contributed by atoms with Gasteiger partial charge in [0.25, 0.3) is 5.91 Å². The van der Waals surface area contributed by atoms with E-state index in [0.717, 1.165) is 18.6 Å². The molecular weight excluding hydrogens is 334 g/mol. The first-order valence-electron chi connectivity index (χ1n) is 8.68. The number of carbonyl (C=O) groups is 1. The fourth-order valence-corrected chi connectivity index (χ4v) is 3.59. The molecule has 0 unspecified atom stereocenters. The lowest BCUT2D eigenvalue weighted by Crippen LogP contribution is -2.67. The Bertz CT molecular complexity index is 777. The molecule has 7 nitrogen and oxygen atoms in total. The Labute approximate surface area is 151 Å². The Morgan fingerprint density at radius 1 is 1.31 bits per heavy atom. The molecule has 2 saturated heterocycles. The third-order valence-corrected chi connectivity index (χ3v) is 4.83. The van der Waals surface area contributed by atoms with Crippen LogP contribution in [-0.4, -0.2) is 59.3 Å². The predicted octanol–water partition coefficient (Wildman–Crippen LogP) is 1.94. The highest BCUT2D eigenvalue weighted by Gasteiger charge is 2.50. The molecule has 0 aromatic carbocycles. The van der Waals surface area contributed by atoms with Gasteiger partial charge in [0, 0.05) is 25.2 Å². The fraction of sp³-hybridized carbons (Fsp3) is 0.421. The quantitative estimate of drug-likeness (QED) is 0.834. The highest BCUT2D eigenvalue weighted by atomic mass is 16.5. The van der Waals surface area contributed by atoms with E-state index >= 15 is 0 Å². The average Bonchev–Trinajstić information content (AvgIpc) is 2.66. The zero-order chi connectivity index (χ0) is 18.0. The SMILES string of the molecule is COc1ncccc1C(=O)N1CC2(C[C@H](Oc3cccnc3)CCO2)C1. The van der Waals surface area contributed by atoms with Gasteiger partial charge in [0.2, 0.25) is 5.88 Å². The highest BCUT2D eigenvalue weighted by Crippen LogP contribution is 2.36. The molecule has 7 heteroatoms. The molecule has 0 bridgehead atoms. The molecule has 0 N–H and O–H groups in total. The lowest BCUT2D eigenvalue weighted by molar-refractivity contribution is -0.173. The number of pyridine rings is 2. The lowest BCUT2D eigenvalue weighted by atomic mass is 9.84. The second-order valence-corrected chi connectivity index (χ2v) is 6.67. The Kier molecular flexibility index (Phi) is 4.46. The number of rotatable bonds is 4. The van der Waals surface area contributed by atoms with E-state index in [-0.39, 0.29) is 17.6 Å². The summed E-state index contributed by atoms with van der Waals surface area (Å²) in [4.78, 5) is 22.7. The maximum atomic E-state index is 12.7. The first kappa shape index (κ1) is 16.8. The van der Waals surface area contributed by atoms with Crippen LogP contribution in [0.1, 0.15) is 23.2 Å². The predicted molar refractivity (Wildman–Crippen MR) is 93.3 cm³/mol. The number of ether oxygens (including phenoxy) is 3. The number of aromatic nitrogens is 2. The highest BCUT2D eigenvalue weighted by molar-refractivity contribution is 5.97. The summed E-state index contributed by atoms with van der Waals surface area (Å²) in [6.45, 7) is 1.73. The summed E-state index contributed by atoms with van der Waals surface area (Å²) < 4.78 is 17.2. The summed E-state index contributed by atoms with van der Waals surface area (Å²) in [5, 5.41) is 0. The van der Waals surface area contributed by atoms with E-state index in [1.54, 1.807) is 35.6 Å². The van der Waals surface area contributed by atoms with Gasteiger partial charge in [-0.15, -0.1) is 0 Å². The van der Waals surface area contributed by atoms with Gasteiger partial charge in [-0.2, -0.15) is 0 Å². The number of amides is 1. The van der Waals surface area contributed by atoms with E-state index in [9.17, 15) is 4.79 Å². The van der Waals surface area contributed by atoms with E-state index in [4.69, 9.17) is 14.2 Å². The molecule has 2 fully saturated rings. The third kappa shape index (κ3) is 3.22. The van der Waals surface area contributed by atoms with E-state index in [2.05, 4.69) is 9.97 Å². The monoisotopic (exact) mass is 355 g/mol. The minimum absolute atomic E-state index is 0.0677. The molecule has 136 valence electrons. The van der Waals surface area contributed by atoms with Crippen molar-refractivity contribution in [2.75, 3.05) is 26.8 Å². The van der Waals surface area contributed by atoms with Gasteiger partial charge in [-0.3, -0.25) is 9.78 Å². The molecule has 0 aliphatic carbocycles. The molecule has 0 saturated carbocycles. The van der Waals surface area contributed by atoms with E-state index in [1.165, 1.54) is 7.11 Å². The minimum Gasteiger partial charge on any atom is -0.489 e. The lowest BCUT2D eigenvalue weighted by Gasteiger charge is -2.52. The van der Waals surface area contributed by atoms with Crippen molar-refractivity contribution < 1.29 is 19.0 Å².